The minimum absolute atomic E-state index is 0.207. The van der Waals surface area contributed by atoms with Crippen LogP contribution in [0, 0.1) is 0 Å². The zero-order chi connectivity index (χ0) is 19.7. The maximum atomic E-state index is 13.0. The molecular weight excluding hydrogens is 372 g/mol. The topological polar surface area (TPSA) is 69.7 Å². The fourth-order valence-electron chi connectivity index (χ4n) is 2.06. The molecule has 0 saturated heterocycles. The van der Waals surface area contributed by atoms with Gasteiger partial charge in [0.2, 0.25) is 5.78 Å². The second-order valence-electron chi connectivity index (χ2n) is 7.66. The van der Waals surface area contributed by atoms with Gasteiger partial charge in [-0.2, -0.15) is 0 Å². The number of hydrogen-bond donors (Lipinski definition) is 0. The van der Waals surface area contributed by atoms with Crippen molar-refractivity contribution in [2.45, 2.75) is 52.7 Å². The largest absolute Gasteiger partial charge is 0.456 e. The quantitative estimate of drug-likeness (QED) is 0.542. The molecule has 26 heavy (non-hydrogen) atoms. The zero-order valence-corrected chi connectivity index (χ0v) is 17.3. The van der Waals surface area contributed by atoms with Crippen LogP contribution in [0.3, 0.4) is 0 Å². The van der Waals surface area contributed by atoms with Gasteiger partial charge in [0.1, 0.15) is 11.2 Å². The van der Waals surface area contributed by atoms with Gasteiger partial charge >= 0.3 is 11.9 Å². The van der Waals surface area contributed by atoms with Gasteiger partial charge in [0.15, 0.2) is 0 Å². The van der Waals surface area contributed by atoms with Gasteiger partial charge in [-0.1, -0.05) is 0 Å². The lowest BCUT2D eigenvalue weighted by atomic mass is 10.1. The number of carbonyl (C=O) groups is 3. The van der Waals surface area contributed by atoms with Gasteiger partial charge in [-0.15, -0.1) is 22.7 Å². The molecule has 5 nitrogen and oxygen atoms in total. The molecule has 0 fully saturated rings. The highest BCUT2D eigenvalue weighted by molar-refractivity contribution is 7.16. The molecule has 2 aromatic rings. The lowest BCUT2D eigenvalue weighted by molar-refractivity contribution is 0.00581. The first-order valence-electron chi connectivity index (χ1n) is 8.05. The van der Waals surface area contributed by atoms with Gasteiger partial charge in [0.05, 0.1) is 20.9 Å². The fraction of sp³-hybridized carbons (Fsp3) is 0.421. The van der Waals surface area contributed by atoms with Gasteiger partial charge in [-0.3, -0.25) is 4.79 Å². The Hall–Kier alpha value is -1.99. The monoisotopic (exact) mass is 394 g/mol. The number of rotatable bonds is 4. The van der Waals surface area contributed by atoms with Crippen molar-refractivity contribution in [2.24, 2.45) is 0 Å². The molecule has 2 rings (SSSR count). The third kappa shape index (κ3) is 5.02. The van der Waals surface area contributed by atoms with Crippen LogP contribution in [0.15, 0.2) is 22.9 Å². The molecule has 0 aliphatic carbocycles. The van der Waals surface area contributed by atoms with Crippen LogP contribution < -0.4 is 0 Å². The van der Waals surface area contributed by atoms with E-state index in [-0.39, 0.29) is 26.7 Å². The van der Waals surface area contributed by atoms with Crippen molar-refractivity contribution in [1.82, 2.24) is 0 Å². The maximum Gasteiger partial charge on any atom is 0.340 e. The second kappa shape index (κ2) is 7.32. The summed E-state index contributed by atoms with van der Waals surface area (Å²) in [7, 11) is 0. The first-order chi connectivity index (χ1) is 11.9. The van der Waals surface area contributed by atoms with E-state index in [4.69, 9.17) is 9.47 Å². The van der Waals surface area contributed by atoms with Crippen LogP contribution in [0.25, 0.3) is 0 Å². The number of hydrogen-bond acceptors (Lipinski definition) is 7. The summed E-state index contributed by atoms with van der Waals surface area (Å²) >= 11 is 2.30. The van der Waals surface area contributed by atoms with Crippen molar-refractivity contribution in [2.75, 3.05) is 0 Å². The molecule has 0 atom stereocenters. The van der Waals surface area contributed by atoms with E-state index in [1.807, 2.05) is 0 Å². The fourth-order valence-corrected chi connectivity index (χ4v) is 3.78. The standard InChI is InChI=1S/C19H22O5S2/c1-18(2,3)23-16(21)11-7-9-25-14(11)13(20)15-12(8-10-26-15)17(22)24-19(4,5)6/h7-10H,1-6H3. The highest BCUT2D eigenvalue weighted by Gasteiger charge is 2.29. The summed E-state index contributed by atoms with van der Waals surface area (Å²) in [5.41, 5.74) is -0.912. The van der Waals surface area contributed by atoms with Crippen LogP contribution in [0.2, 0.25) is 0 Å². The summed E-state index contributed by atoms with van der Waals surface area (Å²) in [5, 5.41) is 3.32. The normalized spacial score (nSPS) is 11.9. The van der Waals surface area contributed by atoms with E-state index < -0.39 is 23.1 Å². The number of esters is 2. The highest BCUT2D eigenvalue weighted by atomic mass is 32.1. The van der Waals surface area contributed by atoms with Crippen LogP contribution in [0.5, 0.6) is 0 Å². The van der Waals surface area contributed by atoms with Crippen molar-refractivity contribution in [3.8, 4) is 0 Å². The average molecular weight is 395 g/mol. The Morgan fingerprint density at radius 1 is 0.731 bits per heavy atom. The lowest BCUT2D eigenvalue weighted by Gasteiger charge is -2.20. The first kappa shape index (κ1) is 20.3. The molecule has 0 aliphatic heterocycles. The lowest BCUT2D eigenvalue weighted by Crippen LogP contribution is -2.25. The van der Waals surface area contributed by atoms with Gasteiger partial charge < -0.3 is 9.47 Å². The van der Waals surface area contributed by atoms with Crippen LogP contribution in [0.4, 0.5) is 0 Å². The molecule has 2 heterocycles. The Balaban J connectivity index is 2.33. The predicted octanol–water partition coefficient (Wildman–Crippen LogP) is 4.95. The Bertz CT molecular complexity index is 762. The van der Waals surface area contributed by atoms with E-state index in [1.54, 1.807) is 64.4 Å². The number of ether oxygens (including phenoxy) is 2. The van der Waals surface area contributed by atoms with E-state index in [0.29, 0.717) is 0 Å². The van der Waals surface area contributed by atoms with Gasteiger partial charge in [-0.05, 0) is 64.4 Å². The van der Waals surface area contributed by atoms with Crippen LogP contribution in [-0.2, 0) is 9.47 Å². The van der Waals surface area contributed by atoms with Gasteiger partial charge in [0, 0.05) is 0 Å². The van der Waals surface area contributed by atoms with E-state index in [2.05, 4.69) is 0 Å². The van der Waals surface area contributed by atoms with E-state index >= 15 is 0 Å². The van der Waals surface area contributed by atoms with E-state index in [0.717, 1.165) is 22.7 Å². The summed E-state index contributed by atoms with van der Waals surface area (Å²) in [6.07, 6.45) is 0. The van der Waals surface area contributed by atoms with Crippen LogP contribution in [0.1, 0.15) is 76.8 Å². The summed E-state index contributed by atoms with van der Waals surface area (Å²) < 4.78 is 10.7. The van der Waals surface area contributed by atoms with Crippen molar-refractivity contribution in [1.29, 1.82) is 0 Å². The highest BCUT2D eigenvalue weighted by Crippen LogP contribution is 2.28. The summed E-state index contributed by atoms with van der Waals surface area (Å²) in [5.74, 6) is -1.49. The van der Waals surface area contributed by atoms with Gasteiger partial charge in [0.25, 0.3) is 0 Å². The Morgan fingerprint density at radius 3 is 1.38 bits per heavy atom. The Labute approximate surface area is 160 Å². The minimum atomic E-state index is -0.663. The molecule has 0 unspecified atom stereocenters. The minimum Gasteiger partial charge on any atom is -0.456 e. The first-order valence-corrected chi connectivity index (χ1v) is 9.81. The molecule has 0 aliphatic rings. The number of ketones is 1. The third-order valence-electron chi connectivity index (χ3n) is 2.98. The SMILES string of the molecule is CC(C)(C)OC(=O)c1ccsc1C(=O)c1sccc1C(=O)OC(C)(C)C. The van der Waals surface area contributed by atoms with Gasteiger partial charge in [-0.25, -0.2) is 9.59 Å². The second-order valence-corrected chi connectivity index (χ2v) is 9.49. The summed E-state index contributed by atoms with van der Waals surface area (Å²) in [6, 6.07) is 3.12. The molecular formula is C19H22O5S2. The number of thiophene rings is 2. The van der Waals surface area contributed by atoms with Crippen LogP contribution >= 0.6 is 22.7 Å². The smallest absolute Gasteiger partial charge is 0.340 e. The Kier molecular flexibility index (Phi) is 5.73. The molecule has 0 bridgehead atoms. The van der Waals surface area contributed by atoms with Crippen molar-refractivity contribution < 1.29 is 23.9 Å². The van der Waals surface area contributed by atoms with E-state index in [9.17, 15) is 14.4 Å². The summed E-state index contributed by atoms with van der Waals surface area (Å²) in [4.78, 5) is 38.2. The number of carbonyl (C=O) groups excluding carboxylic acids is 3. The molecule has 0 saturated carbocycles. The van der Waals surface area contributed by atoms with Crippen molar-refractivity contribution >= 4 is 40.4 Å². The molecule has 140 valence electrons. The molecule has 0 spiro atoms. The van der Waals surface area contributed by atoms with Crippen molar-refractivity contribution in [3.63, 3.8) is 0 Å². The third-order valence-corrected chi connectivity index (χ3v) is 4.81. The van der Waals surface area contributed by atoms with Crippen LogP contribution in [-0.4, -0.2) is 28.9 Å². The molecule has 7 heteroatoms. The predicted molar refractivity (Wildman–Crippen MR) is 102 cm³/mol. The maximum absolute atomic E-state index is 13.0. The van der Waals surface area contributed by atoms with E-state index in [1.165, 1.54) is 0 Å². The van der Waals surface area contributed by atoms with Crippen molar-refractivity contribution in [3.05, 3.63) is 43.8 Å². The Morgan fingerprint density at radius 2 is 1.08 bits per heavy atom. The molecule has 0 aromatic carbocycles. The molecule has 2 aromatic heterocycles. The average Bonchev–Trinajstić information content (AvgIpc) is 3.12. The summed E-state index contributed by atoms with van der Waals surface area (Å²) in [6.45, 7) is 10.6. The molecule has 0 amide bonds. The molecule has 0 radical (unpaired) electrons. The molecule has 0 N–H and O–H groups in total. The zero-order valence-electron chi connectivity index (χ0n) is 15.7.